The summed E-state index contributed by atoms with van der Waals surface area (Å²) >= 11 is 0. The van der Waals surface area contributed by atoms with Gasteiger partial charge in [-0.25, -0.2) is 13.4 Å². The first-order valence-electron chi connectivity index (χ1n) is 12.8. The van der Waals surface area contributed by atoms with Gasteiger partial charge in [0.25, 0.3) is 10.0 Å². The lowest BCUT2D eigenvalue weighted by molar-refractivity contribution is -0.141. The highest BCUT2D eigenvalue weighted by Gasteiger charge is 2.30. The lowest BCUT2D eigenvalue weighted by atomic mass is 10.1. The van der Waals surface area contributed by atoms with Crippen LogP contribution in [-0.4, -0.2) is 42.1 Å². The lowest BCUT2D eigenvalue weighted by Crippen LogP contribution is -2.36. The molecule has 0 aliphatic rings. The number of hydrogen-bond acceptors (Lipinski definition) is 7. The van der Waals surface area contributed by atoms with E-state index in [1.807, 2.05) is 23.7 Å². The molecule has 0 amide bonds. The number of imidazole rings is 1. The molecule has 0 radical (unpaired) electrons. The molecule has 0 N–H and O–H groups in total. The van der Waals surface area contributed by atoms with Crippen molar-refractivity contribution in [2.24, 2.45) is 7.05 Å². The maximum atomic E-state index is 14.0. The van der Waals surface area contributed by atoms with E-state index in [0.29, 0.717) is 34.1 Å². The molecule has 0 saturated carbocycles. The number of fused-ring (bicyclic) bond motifs is 2. The van der Waals surface area contributed by atoms with Crippen molar-refractivity contribution >= 4 is 43.6 Å². The molecule has 0 fully saturated rings. The van der Waals surface area contributed by atoms with Gasteiger partial charge in [0.2, 0.25) is 0 Å². The zero-order valence-electron chi connectivity index (χ0n) is 22.1. The standard InChI is InChI=1S/C30H27N5O4S/c1-3-39-29(36)20-35(40(37,38)27-8-4-6-23-7-5-17-32-30(23)27)24-14-15-26-25(18-24)33-28(34(26)2)16-13-21-9-11-22(19-31)12-10-21/h4-12,14-15,17-18H,3,13,16,20H2,1-2H3. The number of anilines is 1. The summed E-state index contributed by atoms with van der Waals surface area (Å²) in [5.74, 6) is 0.165. The predicted octanol–water partition coefficient (Wildman–Crippen LogP) is 4.54. The molecule has 202 valence electrons. The van der Waals surface area contributed by atoms with E-state index >= 15 is 0 Å². The summed E-state index contributed by atoms with van der Waals surface area (Å²) in [6.45, 7) is 1.30. The minimum Gasteiger partial charge on any atom is -0.465 e. The van der Waals surface area contributed by atoms with Crippen LogP contribution in [0.1, 0.15) is 23.9 Å². The Kier molecular flexibility index (Phi) is 7.49. The third kappa shape index (κ3) is 5.24. The molecular formula is C30H27N5O4S. The number of pyridine rings is 1. The molecule has 9 nitrogen and oxygen atoms in total. The first-order chi connectivity index (χ1) is 19.3. The van der Waals surface area contributed by atoms with Crippen molar-refractivity contribution in [3.05, 3.63) is 95.9 Å². The molecule has 0 atom stereocenters. The molecule has 5 aromatic rings. The highest BCUT2D eigenvalue weighted by Crippen LogP contribution is 2.30. The Bertz CT molecular complexity index is 1850. The van der Waals surface area contributed by atoms with Crippen LogP contribution in [0.2, 0.25) is 0 Å². The van der Waals surface area contributed by atoms with E-state index in [1.54, 1.807) is 61.5 Å². The maximum Gasteiger partial charge on any atom is 0.326 e. The number of carbonyl (C=O) groups excluding carboxylic acids is 1. The molecule has 3 aromatic carbocycles. The number of sulfonamides is 1. The molecule has 40 heavy (non-hydrogen) atoms. The van der Waals surface area contributed by atoms with Crippen LogP contribution in [0.25, 0.3) is 21.9 Å². The van der Waals surface area contributed by atoms with Gasteiger partial charge >= 0.3 is 5.97 Å². The van der Waals surface area contributed by atoms with E-state index < -0.39 is 22.5 Å². The maximum absolute atomic E-state index is 14.0. The summed E-state index contributed by atoms with van der Waals surface area (Å²) in [7, 11) is -2.29. The average molecular weight is 554 g/mol. The van der Waals surface area contributed by atoms with Gasteiger partial charge in [-0.2, -0.15) is 5.26 Å². The molecule has 2 heterocycles. The lowest BCUT2D eigenvalue weighted by Gasteiger charge is -2.24. The molecule has 0 aliphatic heterocycles. The van der Waals surface area contributed by atoms with Crippen molar-refractivity contribution in [3.63, 3.8) is 0 Å². The van der Waals surface area contributed by atoms with E-state index in [4.69, 9.17) is 15.0 Å². The Hall–Kier alpha value is -4.75. The van der Waals surface area contributed by atoms with Gasteiger partial charge in [0, 0.05) is 25.1 Å². The van der Waals surface area contributed by atoms with Crippen LogP contribution in [0.4, 0.5) is 5.69 Å². The van der Waals surface area contributed by atoms with Crippen LogP contribution < -0.4 is 4.31 Å². The van der Waals surface area contributed by atoms with Crippen molar-refractivity contribution in [1.82, 2.24) is 14.5 Å². The van der Waals surface area contributed by atoms with Crippen molar-refractivity contribution in [2.45, 2.75) is 24.7 Å². The van der Waals surface area contributed by atoms with Crippen LogP contribution >= 0.6 is 0 Å². The second kappa shape index (κ2) is 11.2. The predicted molar refractivity (Wildman–Crippen MR) is 152 cm³/mol. The van der Waals surface area contributed by atoms with E-state index in [2.05, 4.69) is 11.1 Å². The van der Waals surface area contributed by atoms with Gasteiger partial charge in [-0.05, 0) is 61.4 Å². The number of ether oxygens (including phenoxy) is 1. The fraction of sp³-hybridized carbons (Fsp3) is 0.200. The van der Waals surface area contributed by atoms with E-state index in [1.165, 1.54) is 12.3 Å². The number of nitrogens with zero attached hydrogens (tertiary/aromatic N) is 5. The number of para-hydroxylation sites is 1. The van der Waals surface area contributed by atoms with Gasteiger partial charge in [0.15, 0.2) is 0 Å². The summed E-state index contributed by atoms with van der Waals surface area (Å²) in [4.78, 5) is 21.7. The van der Waals surface area contributed by atoms with Crippen LogP contribution in [0.5, 0.6) is 0 Å². The zero-order valence-corrected chi connectivity index (χ0v) is 22.9. The summed E-state index contributed by atoms with van der Waals surface area (Å²) in [5, 5.41) is 9.69. The molecule has 0 bridgehead atoms. The third-order valence-electron chi connectivity index (χ3n) is 6.71. The number of benzene rings is 3. The van der Waals surface area contributed by atoms with Gasteiger partial charge in [-0.3, -0.25) is 14.1 Å². The number of nitriles is 1. The molecule has 10 heteroatoms. The normalized spacial score (nSPS) is 11.4. The largest absolute Gasteiger partial charge is 0.465 e. The third-order valence-corrected chi connectivity index (χ3v) is 8.51. The number of hydrogen-bond donors (Lipinski definition) is 0. The number of carbonyl (C=O) groups is 1. The highest BCUT2D eigenvalue weighted by atomic mass is 32.2. The van der Waals surface area contributed by atoms with E-state index in [9.17, 15) is 13.2 Å². The van der Waals surface area contributed by atoms with Crippen LogP contribution in [0, 0.1) is 11.3 Å². The molecule has 0 unspecified atom stereocenters. The second-order valence-electron chi connectivity index (χ2n) is 9.22. The molecule has 0 saturated heterocycles. The fourth-order valence-electron chi connectivity index (χ4n) is 4.66. The van der Waals surface area contributed by atoms with E-state index in [0.717, 1.165) is 27.6 Å². The molecular weight excluding hydrogens is 526 g/mol. The average Bonchev–Trinajstić information content (AvgIpc) is 3.29. The summed E-state index contributed by atoms with van der Waals surface area (Å²) in [6, 6.07) is 23.2. The van der Waals surface area contributed by atoms with Crippen LogP contribution in [0.15, 0.2) is 83.9 Å². The number of esters is 1. The topological polar surface area (TPSA) is 118 Å². The van der Waals surface area contributed by atoms with Crippen molar-refractivity contribution in [1.29, 1.82) is 5.26 Å². The van der Waals surface area contributed by atoms with Crippen molar-refractivity contribution < 1.29 is 17.9 Å². The Morgan fingerprint density at radius 3 is 2.58 bits per heavy atom. The molecule has 0 aliphatic carbocycles. The quantitative estimate of drug-likeness (QED) is 0.246. The van der Waals surface area contributed by atoms with E-state index in [-0.39, 0.29) is 11.5 Å². The van der Waals surface area contributed by atoms with Crippen LogP contribution in [-0.2, 0) is 39.4 Å². The molecule has 5 rings (SSSR count). The molecule has 2 aromatic heterocycles. The summed E-state index contributed by atoms with van der Waals surface area (Å²) in [5.41, 5.74) is 3.75. The monoisotopic (exact) mass is 553 g/mol. The van der Waals surface area contributed by atoms with Gasteiger partial charge < -0.3 is 9.30 Å². The Morgan fingerprint density at radius 2 is 1.82 bits per heavy atom. The summed E-state index contributed by atoms with van der Waals surface area (Å²) < 4.78 is 36.2. The van der Waals surface area contributed by atoms with Crippen LogP contribution in [0.3, 0.4) is 0 Å². The SMILES string of the molecule is CCOC(=O)CN(c1ccc2c(c1)nc(CCc1ccc(C#N)cc1)n2C)S(=O)(=O)c1cccc2cccnc12. The fourth-order valence-corrected chi connectivity index (χ4v) is 6.23. The smallest absolute Gasteiger partial charge is 0.326 e. The number of rotatable bonds is 9. The van der Waals surface area contributed by atoms with Gasteiger partial charge in [-0.15, -0.1) is 0 Å². The molecule has 0 spiro atoms. The van der Waals surface area contributed by atoms with Gasteiger partial charge in [0.05, 0.1) is 40.5 Å². The second-order valence-corrected chi connectivity index (χ2v) is 11.0. The van der Waals surface area contributed by atoms with Crippen molar-refractivity contribution in [3.8, 4) is 6.07 Å². The Balaban J connectivity index is 1.52. The highest BCUT2D eigenvalue weighted by molar-refractivity contribution is 7.93. The number of aryl methyl sites for hydroxylation is 3. The Labute approximate surface area is 232 Å². The summed E-state index contributed by atoms with van der Waals surface area (Å²) in [6.07, 6.45) is 2.92. The van der Waals surface area contributed by atoms with Crippen molar-refractivity contribution in [2.75, 3.05) is 17.5 Å². The minimum absolute atomic E-state index is 0.000813. The van der Waals surface area contributed by atoms with Gasteiger partial charge in [0.1, 0.15) is 17.3 Å². The first kappa shape index (κ1) is 26.8. The zero-order chi connectivity index (χ0) is 28.3. The number of aromatic nitrogens is 3. The minimum atomic E-state index is -4.21. The van der Waals surface area contributed by atoms with Gasteiger partial charge in [-0.1, -0.05) is 30.3 Å². The Morgan fingerprint density at radius 1 is 1.05 bits per heavy atom. The first-order valence-corrected chi connectivity index (χ1v) is 14.2.